The van der Waals surface area contributed by atoms with Crippen LogP contribution in [0.25, 0.3) is 11.1 Å². The van der Waals surface area contributed by atoms with Crippen LogP contribution in [-0.2, 0) is 14.6 Å². The average molecular weight is 482 g/mol. The Morgan fingerprint density at radius 1 is 1.12 bits per heavy atom. The molecule has 2 rings (SSSR count). The van der Waals surface area contributed by atoms with E-state index in [-0.39, 0.29) is 22.8 Å². The van der Waals surface area contributed by atoms with Crippen molar-refractivity contribution in [3.05, 3.63) is 54.1 Å². The molecule has 0 spiro atoms. The fourth-order valence-electron chi connectivity index (χ4n) is 3.68. The number of nitriles is 1. The van der Waals surface area contributed by atoms with Gasteiger partial charge in [-0.1, -0.05) is 44.2 Å². The molecule has 0 heterocycles. The van der Waals surface area contributed by atoms with Gasteiger partial charge >= 0.3 is 6.18 Å². The summed E-state index contributed by atoms with van der Waals surface area (Å²) in [6.07, 6.45) is -3.66. The predicted octanol–water partition coefficient (Wildman–Crippen LogP) is 4.09. The molecule has 0 bridgehead atoms. The van der Waals surface area contributed by atoms with Gasteiger partial charge in [-0.2, -0.15) is 18.4 Å². The Balaban J connectivity index is 2.58. The summed E-state index contributed by atoms with van der Waals surface area (Å²) >= 11 is 0. The van der Waals surface area contributed by atoms with Gasteiger partial charge in [0.15, 0.2) is 9.84 Å². The van der Waals surface area contributed by atoms with Gasteiger partial charge in [0.2, 0.25) is 5.91 Å². The fourth-order valence-corrected chi connectivity index (χ4v) is 4.31. The van der Waals surface area contributed by atoms with Gasteiger partial charge in [-0.3, -0.25) is 9.69 Å². The maximum absolute atomic E-state index is 14.3. The molecule has 33 heavy (non-hydrogen) atoms. The Kier molecular flexibility index (Phi) is 8.27. The molecule has 0 aliphatic rings. The third kappa shape index (κ3) is 6.79. The second kappa shape index (κ2) is 10.4. The van der Waals surface area contributed by atoms with E-state index in [9.17, 15) is 31.6 Å². The molecule has 1 amide bonds. The highest BCUT2D eigenvalue weighted by atomic mass is 32.2. The van der Waals surface area contributed by atoms with Gasteiger partial charge < -0.3 is 5.73 Å². The number of halogens is 3. The number of carbonyl (C=O) groups is 1. The molecule has 178 valence electrons. The molecule has 0 radical (unpaired) electrons. The number of nitrogens with two attached hydrogens (primary N) is 1. The molecule has 10 heteroatoms. The van der Waals surface area contributed by atoms with Crippen molar-refractivity contribution < 1.29 is 26.4 Å². The second-order valence-corrected chi connectivity index (χ2v) is 10.3. The van der Waals surface area contributed by atoms with E-state index in [1.807, 2.05) is 0 Å². The molecule has 0 fully saturated rings. The summed E-state index contributed by atoms with van der Waals surface area (Å²) < 4.78 is 66.2. The van der Waals surface area contributed by atoms with E-state index in [0.29, 0.717) is 11.1 Å². The Morgan fingerprint density at radius 2 is 1.73 bits per heavy atom. The number of alkyl halides is 3. The molecule has 0 aliphatic carbocycles. The predicted molar refractivity (Wildman–Crippen MR) is 119 cm³/mol. The number of benzene rings is 2. The third-order valence-corrected chi connectivity index (χ3v) is 6.27. The summed E-state index contributed by atoms with van der Waals surface area (Å²) in [6.45, 7) is 2.87. The summed E-state index contributed by atoms with van der Waals surface area (Å²) in [4.78, 5) is 13.0. The average Bonchev–Trinajstić information content (AvgIpc) is 2.70. The number of nitrogens with zero attached hydrogens (tertiary/aromatic N) is 2. The first-order valence-corrected chi connectivity index (χ1v) is 12.0. The summed E-state index contributed by atoms with van der Waals surface area (Å²) in [5.74, 6) is -1.06. The van der Waals surface area contributed by atoms with Crippen LogP contribution in [0.5, 0.6) is 0 Å². The van der Waals surface area contributed by atoms with Crippen molar-refractivity contribution in [3.63, 3.8) is 0 Å². The molecule has 1 unspecified atom stereocenters. The van der Waals surface area contributed by atoms with Crippen LogP contribution >= 0.6 is 0 Å². The van der Waals surface area contributed by atoms with Crippen molar-refractivity contribution in [2.45, 2.75) is 43.4 Å². The van der Waals surface area contributed by atoms with E-state index < -0.39 is 40.5 Å². The molecule has 0 aliphatic heterocycles. The Bertz CT molecular complexity index is 1120. The van der Waals surface area contributed by atoms with Gasteiger partial charge in [-0.05, 0) is 47.2 Å². The molecule has 2 atom stereocenters. The van der Waals surface area contributed by atoms with E-state index >= 15 is 0 Å². The molecule has 0 saturated heterocycles. The number of hydrogen-bond acceptors (Lipinski definition) is 5. The minimum absolute atomic E-state index is 0.0657. The molecule has 2 N–H and O–H groups in total. The highest BCUT2D eigenvalue weighted by Crippen LogP contribution is 2.40. The second-order valence-electron chi connectivity index (χ2n) is 8.24. The minimum atomic E-state index is -4.79. The number of sulfone groups is 1. The first-order valence-electron chi connectivity index (χ1n) is 10.1. The van der Waals surface area contributed by atoms with Crippen LogP contribution < -0.4 is 5.73 Å². The van der Waals surface area contributed by atoms with Crippen LogP contribution in [0, 0.1) is 17.2 Å². The number of primary amides is 1. The number of amides is 1. The normalized spacial score (nSPS) is 14.2. The number of carbonyl (C=O) groups excluding carboxylic acids is 1. The molecular weight excluding hydrogens is 455 g/mol. The maximum atomic E-state index is 14.3. The summed E-state index contributed by atoms with van der Waals surface area (Å²) in [5.41, 5.74) is 6.23. The Hall–Kier alpha value is -2.90. The van der Waals surface area contributed by atoms with Gasteiger partial charge in [-0.15, -0.1) is 0 Å². The highest BCUT2D eigenvalue weighted by molar-refractivity contribution is 7.90. The topological polar surface area (TPSA) is 104 Å². The number of hydrogen-bond donors (Lipinski definition) is 1. The van der Waals surface area contributed by atoms with Crippen molar-refractivity contribution in [1.29, 1.82) is 5.26 Å². The minimum Gasteiger partial charge on any atom is -0.368 e. The van der Waals surface area contributed by atoms with Gasteiger partial charge in [0, 0.05) is 6.26 Å². The zero-order chi connectivity index (χ0) is 25.0. The monoisotopic (exact) mass is 481 g/mol. The summed E-state index contributed by atoms with van der Waals surface area (Å²) in [6, 6.07) is 9.64. The first-order chi connectivity index (χ1) is 15.3. The lowest BCUT2D eigenvalue weighted by molar-refractivity contribution is -0.192. The lowest BCUT2D eigenvalue weighted by Gasteiger charge is -2.37. The molecule has 2 aromatic rings. The van der Waals surface area contributed by atoms with Gasteiger partial charge in [0.05, 0.1) is 23.6 Å². The van der Waals surface area contributed by atoms with Crippen LogP contribution in [-0.4, -0.2) is 44.2 Å². The van der Waals surface area contributed by atoms with Crippen molar-refractivity contribution in [3.8, 4) is 17.2 Å². The molecule has 2 aromatic carbocycles. The first kappa shape index (κ1) is 26.4. The smallest absolute Gasteiger partial charge is 0.368 e. The zero-order valence-electron chi connectivity index (χ0n) is 18.5. The molecular formula is C23H26F3N3O3S. The van der Waals surface area contributed by atoms with Crippen LogP contribution in [0.2, 0.25) is 0 Å². The standard InChI is InChI=1S/C23H26F3N3O3S/c1-15(2)13-20(22(28)30)29(12-11-27)21(23(24,25)26)18-6-4-5-17(14-18)16-7-9-19(10-8-16)33(3,31)32/h4-10,14-15,20-21H,12-13H2,1-3H3,(H2,28,30)/t20-,21?/m0/s1. The molecule has 6 nitrogen and oxygen atoms in total. The van der Waals surface area contributed by atoms with E-state index in [1.165, 1.54) is 42.5 Å². The largest absolute Gasteiger partial charge is 0.408 e. The zero-order valence-corrected chi connectivity index (χ0v) is 19.3. The van der Waals surface area contributed by atoms with Crippen LogP contribution in [0.1, 0.15) is 31.9 Å². The van der Waals surface area contributed by atoms with Gasteiger partial charge in [0.25, 0.3) is 0 Å². The molecule has 0 aromatic heterocycles. The van der Waals surface area contributed by atoms with Gasteiger partial charge in [0.1, 0.15) is 6.04 Å². The summed E-state index contributed by atoms with van der Waals surface area (Å²) in [7, 11) is -3.42. The van der Waals surface area contributed by atoms with Crippen molar-refractivity contribution >= 4 is 15.7 Å². The van der Waals surface area contributed by atoms with Gasteiger partial charge in [-0.25, -0.2) is 8.42 Å². The van der Waals surface area contributed by atoms with Crippen LogP contribution in [0.15, 0.2) is 53.4 Å². The highest BCUT2D eigenvalue weighted by Gasteiger charge is 2.48. The fraction of sp³-hybridized carbons (Fsp3) is 0.391. The number of rotatable bonds is 9. The Morgan fingerprint density at radius 3 is 2.18 bits per heavy atom. The lowest BCUT2D eigenvalue weighted by atomic mass is 9.95. The van der Waals surface area contributed by atoms with E-state index in [1.54, 1.807) is 26.0 Å². The summed E-state index contributed by atoms with van der Waals surface area (Å²) in [5, 5.41) is 9.23. The van der Waals surface area contributed by atoms with Crippen molar-refractivity contribution in [2.75, 3.05) is 12.8 Å². The molecule has 0 saturated carbocycles. The maximum Gasteiger partial charge on any atom is 0.408 e. The van der Waals surface area contributed by atoms with Crippen molar-refractivity contribution in [1.82, 2.24) is 4.90 Å². The van der Waals surface area contributed by atoms with E-state index in [0.717, 1.165) is 11.2 Å². The SMILES string of the molecule is CC(C)C[C@@H](C(N)=O)N(CC#N)C(c1cccc(-c2ccc(S(C)(=O)=O)cc2)c1)C(F)(F)F. The van der Waals surface area contributed by atoms with E-state index in [2.05, 4.69) is 0 Å². The third-order valence-electron chi connectivity index (χ3n) is 5.14. The van der Waals surface area contributed by atoms with Crippen LogP contribution in [0.4, 0.5) is 13.2 Å². The van der Waals surface area contributed by atoms with Crippen LogP contribution in [0.3, 0.4) is 0 Å². The van der Waals surface area contributed by atoms with Crippen molar-refractivity contribution in [2.24, 2.45) is 11.7 Å². The lowest BCUT2D eigenvalue weighted by Crippen LogP contribution is -2.51. The Labute approximate surface area is 191 Å². The quantitative estimate of drug-likeness (QED) is 0.544. The van der Waals surface area contributed by atoms with E-state index in [4.69, 9.17) is 5.73 Å².